The molecule has 0 aromatic carbocycles. The summed E-state index contributed by atoms with van der Waals surface area (Å²) in [5.74, 6) is 1.90. The third-order valence-corrected chi connectivity index (χ3v) is 4.07. The molecule has 1 saturated heterocycles. The predicted octanol–water partition coefficient (Wildman–Crippen LogP) is 1.69. The summed E-state index contributed by atoms with van der Waals surface area (Å²) in [6.07, 6.45) is 2.33. The highest BCUT2D eigenvalue weighted by Crippen LogP contribution is 2.18. The minimum Gasteiger partial charge on any atom is -0.360 e. The Labute approximate surface area is 133 Å². The Hall–Kier alpha value is -1.85. The van der Waals surface area contributed by atoms with Crippen LogP contribution in [0.5, 0.6) is 0 Å². The summed E-state index contributed by atoms with van der Waals surface area (Å²) in [5, 5.41) is 0. The Morgan fingerprint density at radius 2 is 1.95 bits per heavy atom. The normalized spacial score (nSPS) is 15.1. The van der Waals surface area contributed by atoms with Crippen LogP contribution in [0.3, 0.4) is 0 Å². The molecule has 22 heavy (non-hydrogen) atoms. The van der Waals surface area contributed by atoms with E-state index in [1.165, 1.54) is 6.42 Å². The summed E-state index contributed by atoms with van der Waals surface area (Å²) in [4.78, 5) is 26.9. The van der Waals surface area contributed by atoms with Crippen molar-refractivity contribution >= 4 is 17.7 Å². The van der Waals surface area contributed by atoms with Crippen LogP contribution in [0.15, 0.2) is 6.07 Å². The predicted molar refractivity (Wildman–Crippen MR) is 89.4 cm³/mol. The number of hydrogen-bond acceptors (Lipinski definition) is 5. The Morgan fingerprint density at radius 1 is 1.27 bits per heavy atom. The molecule has 0 bridgehead atoms. The van der Waals surface area contributed by atoms with Gasteiger partial charge in [-0.25, -0.2) is 4.98 Å². The van der Waals surface area contributed by atoms with Crippen molar-refractivity contribution in [1.29, 1.82) is 0 Å². The van der Waals surface area contributed by atoms with Gasteiger partial charge in [-0.3, -0.25) is 4.79 Å². The molecule has 122 valence electrons. The van der Waals surface area contributed by atoms with Crippen molar-refractivity contribution < 1.29 is 4.79 Å². The van der Waals surface area contributed by atoms with E-state index in [0.717, 1.165) is 56.6 Å². The monoisotopic (exact) mass is 305 g/mol. The number of aryl methyl sites for hydroxylation is 1. The standard InChI is InChI=1S/C16H27N5O/c1-5-6-7-19(4)15-12-13(2)17-16(18-15)21-10-8-20(9-11-21)14(3)22/h12H,5-11H2,1-4H3. The maximum absolute atomic E-state index is 11.4. The molecule has 0 spiro atoms. The molecule has 0 unspecified atom stereocenters. The second-order valence-corrected chi connectivity index (χ2v) is 5.94. The van der Waals surface area contributed by atoms with Crippen LogP contribution >= 0.6 is 0 Å². The Morgan fingerprint density at radius 3 is 2.55 bits per heavy atom. The Bertz CT molecular complexity index is 511. The van der Waals surface area contributed by atoms with Crippen LogP contribution in [0.25, 0.3) is 0 Å². The smallest absolute Gasteiger partial charge is 0.227 e. The minimum absolute atomic E-state index is 0.143. The SMILES string of the molecule is CCCCN(C)c1cc(C)nc(N2CCN(C(C)=O)CC2)n1. The molecule has 0 radical (unpaired) electrons. The zero-order chi connectivity index (χ0) is 16.1. The molecule has 2 heterocycles. The number of hydrogen-bond donors (Lipinski definition) is 0. The van der Waals surface area contributed by atoms with Crippen LogP contribution in [0.1, 0.15) is 32.4 Å². The molecule has 0 atom stereocenters. The van der Waals surface area contributed by atoms with Crippen LogP contribution in [0, 0.1) is 6.92 Å². The van der Waals surface area contributed by atoms with Crippen molar-refractivity contribution in [3.63, 3.8) is 0 Å². The number of carbonyl (C=O) groups is 1. The van der Waals surface area contributed by atoms with E-state index in [-0.39, 0.29) is 5.91 Å². The zero-order valence-electron chi connectivity index (χ0n) is 14.2. The van der Waals surface area contributed by atoms with E-state index >= 15 is 0 Å². The molecule has 1 aliphatic rings. The Kier molecular flexibility index (Phi) is 5.57. The fourth-order valence-electron chi connectivity index (χ4n) is 2.60. The summed E-state index contributed by atoms with van der Waals surface area (Å²) < 4.78 is 0. The van der Waals surface area contributed by atoms with Crippen LogP contribution in [0.2, 0.25) is 0 Å². The molecule has 1 aromatic heterocycles. The summed E-state index contributed by atoms with van der Waals surface area (Å²) >= 11 is 0. The lowest BCUT2D eigenvalue weighted by Gasteiger charge is -2.34. The van der Waals surface area contributed by atoms with Crippen molar-refractivity contribution in [3.8, 4) is 0 Å². The second kappa shape index (κ2) is 7.42. The first-order chi connectivity index (χ1) is 10.5. The lowest BCUT2D eigenvalue weighted by atomic mass is 10.3. The van der Waals surface area contributed by atoms with Gasteiger partial charge >= 0.3 is 0 Å². The van der Waals surface area contributed by atoms with Gasteiger partial charge < -0.3 is 14.7 Å². The molecule has 6 heteroatoms. The molecular weight excluding hydrogens is 278 g/mol. The first-order valence-corrected chi connectivity index (χ1v) is 8.08. The molecule has 0 saturated carbocycles. The fourth-order valence-corrected chi connectivity index (χ4v) is 2.60. The first kappa shape index (κ1) is 16.5. The summed E-state index contributed by atoms with van der Waals surface area (Å²) in [7, 11) is 2.08. The molecular formula is C16H27N5O. The number of carbonyl (C=O) groups excluding carboxylic acids is 1. The van der Waals surface area contributed by atoms with Gasteiger partial charge in [0.15, 0.2) is 0 Å². The summed E-state index contributed by atoms with van der Waals surface area (Å²) in [6, 6.07) is 2.03. The largest absolute Gasteiger partial charge is 0.360 e. The molecule has 1 aromatic rings. The van der Waals surface area contributed by atoms with Crippen molar-refractivity contribution in [2.24, 2.45) is 0 Å². The number of unbranched alkanes of at least 4 members (excludes halogenated alkanes) is 1. The van der Waals surface area contributed by atoms with Crippen LogP contribution in [-0.4, -0.2) is 60.5 Å². The van der Waals surface area contributed by atoms with Crippen LogP contribution in [-0.2, 0) is 4.79 Å². The van der Waals surface area contributed by atoms with Gasteiger partial charge in [0.25, 0.3) is 0 Å². The minimum atomic E-state index is 0.143. The van der Waals surface area contributed by atoms with Crippen molar-refractivity contribution in [2.75, 3.05) is 49.6 Å². The quantitative estimate of drug-likeness (QED) is 0.828. The summed E-state index contributed by atoms with van der Waals surface area (Å²) in [6.45, 7) is 9.90. The van der Waals surface area contributed by atoms with Crippen molar-refractivity contribution in [3.05, 3.63) is 11.8 Å². The topological polar surface area (TPSA) is 52.6 Å². The fraction of sp³-hybridized carbons (Fsp3) is 0.688. The van der Waals surface area contributed by atoms with Gasteiger partial charge in [-0.1, -0.05) is 13.3 Å². The number of rotatable bonds is 5. The van der Waals surface area contributed by atoms with Gasteiger partial charge in [0.1, 0.15) is 5.82 Å². The maximum atomic E-state index is 11.4. The van der Waals surface area contributed by atoms with Gasteiger partial charge in [0.05, 0.1) is 0 Å². The van der Waals surface area contributed by atoms with Gasteiger partial charge in [0, 0.05) is 58.5 Å². The second-order valence-electron chi connectivity index (χ2n) is 5.94. The molecule has 1 aliphatic heterocycles. The van der Waals surface area contributed by atoms with E-state index in [1.807, 2.05) is 17.9 Å². The van der Waals surface area contributed by atoms with E-state index in [4.69, 9.17) is 4.98 Å². The average Bonchev–Trinajstić information content (AvgIpc) is 2.52. The highest BCUT2D eigenvalue weighted by Gasteiger charge is 2.21. The average molecular weight is 305 g/mol. The number of piperazine rings is 1. The van der Waals surface area contributed by atoms with Crippen LogP contribution in [0.4, 0.5) is 11.8 Å². The number of nitrogens with zero attached hydrogens (tertiary/aromatic N) is 5. The number of amides is 1. The third-order valence-electron chi connectivity index (χ3n) is 4.07. The van der Waals surface area contributed by atoms with Gasteiger partial charge in [-0.05, 0) is 13.3 Å². The molecule has 6 nitrogen and oxygen atoms in total. The van der Waals surface area contributed by atoms with Crippen LogP contribution < -0.4 is 9.80 Å². The summed E-state index contributed by atoms with van der Waals surface area (Å²) in [5.41, 5.74) is 0.984. The highest BCUT2D eigenvalue weighted by atomic mass is 16.2. The van der Waals surface area contributed by atoms with Gasteiger partial charge in [-0.15, -0.1) is 0 Å². The lowest BCUT2D eigenvalue weighted by molar-refractivity contribution is -0.129. The number of aromatic nitrogens is 2. The van der Waals surface area contributed by atoms with Crippen molar-refractivity contribution in [2.45, 2.75) is 33.6 Å². The molecule has 2 rings (SSSR count). The lowest BCUT2D eigenvalue weighted by Crippen LogP contribution is -2.48. The maximum Gasteiger partial charge on any atom is 0.227 e. The zero-order valence-corrected chi connectivity index (χ0v) is 14.2. The molecule has 1 fully saturated rings. The molecule has 0 N–H and O–H groups in total. The van der Waals surface area contributed by atoms with Gasteiger partial charge in [0.2, 0.25) is 11.9 Å². The van der Waals surface area contributed by atoms with E-state index in [9.17, 15) is 4.79 Å². The van der Waals surface area contributed by atoms with E-state index < -0.39 is 0 Å². The molecule has 0 aliphatic carbocycles. The Balaban J connectivity index is 2.08. The third kappa shape index (κ3) is 4.08. The van der Waals surface area contributed by atoms with Gasteiger partial charge in [-0.2, -0.15) is 4.98 Å². The molecule has 1 amide bonds. The van der Waals surface area contributed by atoms with E-state index in [0.29, 0.717) is 0 Å². The van der Waals surface area contributed by atoms with Crippen molar-refractivity contribution in [1.82, 2.24) is 14.9 Å². The van der Waals surface area contributed by atoms with E-state index in [1.54, 1.807) is 6.92 Å². The first-order valence-electron chi connectivity index (χ1n) is 8.08. The number of anilines is 2. The highest BCUT2D eigenvalue weighted by molar-refractivity contribution is 5.73. The van der Waals surface area contributed by atoms with E-state index in [2.05, 4.69) is 28.8 Å².